The van der Waals surface area contributed by atoms with Gasteiger partial charge in [0.25, 0.3) is 0 Å². The van der Waals surface area contributed by atoms with Crippen molar-refractivity contribution < 1.29 is 4.79 Å². The third-order valence-electron chi connectivity index (χ3n) is 3.52. The Morgan fingerprint density at radius 1 is 0.957 bits per heavy atom. The second kappa shape index (κ2) is 8.70. The quantitative estimate of drug-likeness (QED) is 0.488. The summed E-state index contributed by atoms with van der Waals surface area (Å²) in [5, 5.41) is 0. The molecule has 0 saturated heterocycles. The van der Waals surface area contributed by atoms with Crippen LogP contribution in [0.3, 0.4) is 0 Å². The monoisotopic (exact) mass is 302 g/mol. The van der Waals surface area contributed by atoms with Crippen molar-refractivity contribution in [1.29, 1.82) is 0 Å². The third-order valence-corrected chi connectivity index (χ3v) is 3.52. The van der Waals surface area contributed by atoms with Gasteiger partial charge >= 0.3 is 0 Å². The lowest BCUT2D eigenvalue weighted by Gasteiger charge is -2.00. The SMILES string of the molecule is CC=CC(C=Cc1ccccc1)=CCC(=O)c1ccc(C)cc1. The first-order chi connectivity index (χ1) is 11.2. The van der Waals surface area contributed by atoms with Crippen LogP contribution in [0.5, 0.6) is 0 Å². The van der Waals surface area contributed by atoms with Gasteiger partial charge in [0.2, 0.25) is 0 Å². The number of aryl methyl sites for hydroxylation is 1. The zero-order valence-electron chi connectivity index (χ0n) is 13.7. The Bertz CT molecular complexity index is 716. The van der Waals surface area contributed by atoms with E-state index in [9.17, 15) is 4.79 Å². The summed E-state index contributed by atoms with van der Waals surface area (Å²) in [4.78, 5) is 12.2. The molecule has 0 amide bonds. The van der Waals surface area contributed by atoms with Crippen molar-refractivity contribution in [2.75, 3.05) is 0 Å². The second-order valence-corrected chi connectivity index (χ2v) is 5.44. The second-order valence-electron chi connectivity index (χ2n) is 5.44. The van der Waals surface area contributed by atoms with E-state index >= 15 is 0 Å². The maximum absolute atomic E-state index is 12.2. The van der Waals surface area contributed by atoms with Crippen LogP contribution in [0.1, 0.15) is 34.8 Å². The number of hydrogen-bond donors (Lipinski definition) is 0. The first kappa shape index (κ1) is 16.7. The molecule has 0 heterocycles. The lowest BCUT2D eigenvalue weighted by Crippen LogP contribution is -1.97. The van der Waals surface area contributed by atoms with Gasteiger partial charge in [-0.15, -0.1) is 0 Å². The molecule has 2 aromatic carbocycles. The van der Waals surface area contributed by atoms with Crippen LogP contribution in [0.25, 0.3) is 6.08 Å². The molecule has 1 heteroatoms. The molecule has 0 atom stereocenters. The van der Waals surface area contributed by atoms with Crippen molar-refractivity contribution in [2.24, 2.45) is 0 Å². The van der Waals surface area contributed by atoms with Gasteiger partial charge in [-0.2, -0.15) is 0 Å². The highest BCUT2D eigenvalue weighted by molar-refractivity contribution is 5.97. The molecule has 0 saturated carbocycles. The van der Waals surface area contributed by atoms with Crippen LogP contribution in [0.4, 0.5) is 0 Å². The molecule has 0 radical (unpaired) electrons. The van der Waals surface area contributed by atoms with Gasteiger partial charge in [-0.05, 0) is 25.0 Å². The topological polar surface area (TPSA) is 17.1 Å². The lowest BCUT2D eigenvalue weighted by molar-refractivity contribution is 0.0995. The first-order valence-corrected chi connectivity index (χ1v) is 7.85. The lowest BCUT2D eigenvalue weighted by atomic mass is 10.0. The van der Waals surface area contributed by atoms with Gasteiger partial charge in [0.1, 0.15) is 0 Å². The Morgan fingerprint density at radius 3 is 2.30 bits per heavy atom. The Morgan fingerprint density at radius 2 is 1.65 bits per heavy atom. The van der Waals surface area contributed by atoms with Gasteiger partial charge in [-0.1, -0.05) is 90.5 Å². The van der Waals surface area contributed by atoms with Crippen molar-refractivity contribution in [3.05, 3.63) is 101 Å². The van der Waals surface area contributed by atoms with E-state index in [0.717, 1.165) is 22.3 Å². The molecular formula is C22H22O. The summed E-state index contributed by atoms with van der Waals surface area (Å²) in [6.45, 7) is 4.00. The van der Waals surface area contributed by atoms with Crippen molar-refractivity contribution >= 4 is 11.9 Å². The summed E-state index contributed by atoms with van der Waals surface area (Å²) in [5.41, 5.74) is 4.11. The maximum Gasteiger partial charge on any atom is 0.166 e. The molecular weight excluding hydrogens is 280 g/mol. The highest BCUT2D eigenvalue weighted by Crippen LogP contribution is 2.11. The molecule has 0 aliphatic rings. The van der Waals surface area contributed by atoms with Crippen LogP contribution >= 0.6 is 0 Å². The summed E-state index contributed by atoms with van der Waals surface area (Å²) in [6.07, 6.45) is 10.5. The average molecular weight is 302 g/mol. The normalized spacial score (nSPS) is 12.2. The minimum Gasteiger partial charge on any atom is -0.294 e. The van der Waals surface area contributed by atoms with Crippen LogP contribution in [-0.2, 0) is 0 Å². The summed E-state index contributed by atoms with van der Waals surface area (Å²) >= 11 is 0. The van der Waals surface area contributed by atoms with Gasteiger partial charge < -0.3 is 0 Å². The first-order valence-electron chi connectivity index (χ1n) is 7.85. The van der Waals surface area contributed by atoms with E-state index in [-0.39, 0.29) is 5.78 Å². The Balaban J connectivity index is 2.08. The van der Waals surface area contributed by atoms with Crippen LogP contribution in [-0.4, -0.2) is 5.78 Å². The summed E-state index contributed by atoms with van der Waals surface area (Å²) < 4.78 is 0. The fraction of sp³-hybridized carbons (Fsp3) is 0.136. The third kappa shape index (κ3) is 5.55. The zero-order valence-corrected chi connectivity index (χ0v) is 13.7. The number of hydrogen-bond acceptors (Lipinski definition) is 1. The van der Waals surface area contributed by atoms with Crippen molar-refractivity contribution in [3.63, 3.8) is 0 Å². The average Bonchev–Trinajstić information content (AvgIpc) is 2.58. The van der Waals surface area contributed by atoms with Gasteiger partial charge in [0, 0.05) is 12.0 Å². The van der Waals surface area contributed by atoms with Crippen LogP contribution in [0.15, 0.2) is 84.5 Å². The molecule has 0 spiro atoms. The van der Waals surface area contributed by atoms with Crippen LogP contribution < -0.4 is 0 Å². The molecule has 0 bridgehead atoms. The van der Waals surface area contributed by atoms with Gasteiger partial charge in [0.15, 0.2) is 5.78 Å². The molecule has 0 aromatic heterocycles. The molecule has 1 nitrogen and oxygen atoms in total. The molecule has 116 valence electrons. The number of allylic oxidation sites excluding steroid dienone is 5. The van der Waals surface area contributed by atoms with Crippen molar-refractivity contribution in [3.8, 4) is 0 Å². The molecule has 0 fully saturated rings. The van der Waals surface area contributed by atoms with Crippen molar-refractivity contribution in [1.82, 2.24) is 0 Å². The number of carbonyl (C=O) groups excluding carboxylic acids is 1. The Labute approximate surface area is 138 Å². The number of carbonyl (C=O) groups is 1. The van der Waals surface area contributed by atoms with Crippen LogP contribution in [0.2, 0.25) is 0 Å². The van der Waals surface area contributed by atoms with E-state index in [4.69, 9.17) is 0 Å². The van der Waals surface area contributed by atoms with E-state index in [2.05, 4.69) is 18.2 Å². The number of rotatable bonds is 6. The number of ketones is 1. The highest BCUT2D eigenvalue weighted by atomic mass is 16.1. The predicted octanol–water partition coefficient (Wildman–Crippen LogP) is 5.78. The molecule has 23 heavy (non-hydrogen) atoms. The minimum atomic E-state index is 0.139. The molecule has 0 aliphatic heterocycles. The molecule has 2 aromatic rings. The zero-order chi connectivity index (χ0) is 16.5. The van der Waals surface area contributed by atoms with Crippen molar-refractivity contribution in [2.45, 2.75) is 20.3 Å². The summed E-state index contributed by atoms with van der Waals surface area (Å²) in [5.74, 6) is 0.139. The number of Topliss-reactive ketones (excluding diaryl/α,β-unsaturated/α-hetero) is 1. The summed E-state index contributed by atoms with van der Waals surface area (Å²) in [6, 6.07) is 17.9. The van der Waals surface area contributed by atoms with E-state index in [0.29, 0.717) is 6.42 Å². The van der Waals surface area contributed by atoms with E-state index in [1.54, 1.807) is 0 Å². The molecule has 0 unspecified atom stereocenters. The number of benzene rings is 2. The van der Waals surface area contributed by atoms with Gasteiger partial charge in [-0.25, -0.2) is 0 Å². The van der Waals surface area contributed by atoms with Gasteiger partial charge in [-0.3, -0.25) is 4.79 Å². The van der Waals surface area contributed by atoms with E-state index in [1.807, 2.05) is 80.6 Å². The van der Waals surface area contributed by atoms with Gasteiger partial charge in [0.05, 0.1) is 0 Å². The molecule has 2 rings (SSSR count). The highest BCUT2D eigenvalue weighted by Gasteiger charge is 2.03. The molecule has 0 aliphatic carbocycles. The predicted molar refractivity (Wildman–Crippen MR) is 98.5 cm³/mol. The fourth-order valence-corrected chi connectivity index (χ4v) is 2.21. The standard InChI is InChI=1S/C22H22O/c1-3-7-19(12-13-20-8-5-4-6-9-20)14-17-22(23)21-15-10-18(2)11-16-21/h3-16H,17H2,1-2H3. The maximum atomic E-state index is 12.2. The minimum absolute atomic E-state index is 0.139. The van der Waals surface area contributed by atoms with Crippen LogP contribution in [0, 0.1) is 6.92 Å². The van der Waals surface area contributed by atoms with E-state index < -0.39 is 0 Å². The fourth-order valence-electron chi connectivity index (χ4n) is 2.21. The molecule has 0 N–H and O–H groups in total. The summed E-state index contributed by atoms with van der Waals surface area (Å²) in [7, 11) is 0. The largest absolute Gasteiger partial charge is 0.294 e. The Hall–Kier alpha value is -2.67. The van der Waals surface area contributed by atoms with E-state index in [1.165, 1.54) is 0 Å². The Kier molecular flexibility index (Phi) is 6.31. The smallest absolute Gasteiger partial charge is 0.166 e.